The Hall–Kier alpha value is -2.66. The van der Waals surface area contributed by atoms with Crippen molar-refractivity contribution in [3.8, 4) is 0 Å². The third kappa shape index (κ3) is 4.90. The maximum absolute atomic E-state index is 13.2. The molecule has 158 valence electrons. The number of hydrogen-bond donors (Lipinski definition) is 0. The van der Waals surface area contributed by atoms with Crippen LogP contribution in [0.5, 0.6) is 0 Å². The van der Waals surface area contributed by atoms with Crippen molar-refractivity contribution in [3.63, 3.8) is 0 Å². The number of aryl methyl sites for hydroxylation is 2. The van der Waals surface area contributed by atoms with E-state index in [0.29, 0.717) is 37.7 Å². The average Bonchev–Trinajstić information content (AvgIpc) is 3.57. The summed E-state index contributed by atoms with van der Waals surface area (Å²) in [6, 6.07) is 15.4. The summed E-state index contributed by atoms with van der Waals surface area (Å²) in [4.78, 5) is 30.0. The minimum absolute atomic E-state index is 0.0417. The van der Waals surface area contributed by atoms with Gasteiger partial charge in [-0.15, -0.1) is 0 Å². The normalized spacial score (nSPS) is 18.9. The molecule has 5 heteroatoms. The lowest BCUT2D eigenvalue weighted by molar-refractivity contribution is -0.0335. The molecule has 1 saturated carbocycles. The van der Waals surface area contributed by atoms with E-state index in [9.17, 15) is 9.59 Å². The second kappa shape index (κ2) is 9.00. The van der Waals surface area contributed by atoms with E-state index in [1.54, 1.807) is 0 Å². The van der Waals surface area contributed by atoms with Crippen molar-refractivity contribution in [2.75, 3.05) is 32.8 Å². The zero-order valence-corrected chi connectivity index (χ0v) is 17.8. The van der Waals surface area contributed by atoms with Crippen LogP contribution in [0.3, 0.4) is 0 Å². The molecular formula is C25H30N2O3. The highest BCUT2D eigenvalue weighted by atomic mass is 16.5. The lowest BCUT2D eigenvalue weighted by Crippen LogP contribution is -2.51. The summed E-state index contributed by atoms with van der Waals surface area (Å²) in [6.45, 7) is 6.85. The van der Waals surface area contributed by atoms with Gasteiger partial charge in [0, 0.05) is 37.3 Å². The summed E-state index contributed by atoms with van der Waals surface area (Å²) in [5.74, 6) is 0.681. The number of rotatable bonds is 6. The molecule has 1 aliphatic carbocycles. The first kappa shape index (κ1) is 20.6. The monoisotopic (exact) mass is 406 g/mol. The standard InChI is InChI=1S/C25H30N2O3/c1-18-7-11-21(12-8-18)24(28)27(15-20-9-10-20)17-22-16-26(13-14-30-22)25(29)23-6-4-3-5-19(23)2/h3-8,11-12,20,22H,9-10,13-17H2,1-2H3. The summed E-state index contributed by atoms with van der Waals surface area (Å²) in [7, 11) is 0. The van der Waals surface area contributed by atoms with Crippen molar-refractivity contribution < 1.29 is 14.3 Å². The van der Waals surface area contributed by atoms with Gasteiger partial charge in [-0.1, -0.05) is 35.9 Å². The molecule has 1 unspecified atom stereocenters. The van der Waals surface area contributed by atoms with E-state index in [1.807, 2.05) is 72.2 Å². The SMILES string of the molecule is Cc1ccc(C(=O)N(CC2CC2)CC2CN(C(=O)c3ccccc3C)CCO2)cc1. The molecule has 1 saturated heterocycles. The molecule has 5 nitrogen and oxygen atoms in total. The second-order valence-electron chi connectivity index (χ2n) is 8.58. The number of carbonyl (C=O) groups excluding carboxylic acids is 2. The first-order chi connectivity index (χ1) is 14.5. The third-order valence-electron chi connectivity index (χ3n) is 5.99. The first-order valence-electron chi connectivity index (χ1n) is 10.8. The molecule has 4 rings (SSSR count). The number of amides is 2. The molecule has 2 fully saturated rings. The van der Waals surface area contributed by atoms with Crippen molar-refractivity contribution in [3.05, 3.63) is 70.8 Å². The van der Waals surface area contributed by atoms with Gasteiger partial charge in [0.25, 0.3) is 11.8 Å². The lowest BCUT2D eigenvalue weighted by atomic mass is 10.1. The van der Waals surface area contributed by atoms with E-state index in [-0.39, 0.29) is 17.9 Å². The van der Waals surface area contributed by atoms with Crippen LogP contribution in [0.15, 0.2) is 48.5 Å². The van der Waals surface area contributed by atoms with Crippen LogP contribution in [0, 0.1) is 19.8 Å². The van der Waals surface area contributed by atoms with Crippen LogP contribution in [0.2, 0.25) is 0 Å². The maximum atomic E-state index is 13.2. The van der Waals surface area contributed by atoms with E-state index in [4.69, 9.17) is 4.74 Å². The second-order valence-corrected chi connectivity index (χ2v) is 8.58. The van der Waals surface area contributed by atoms with Gasteiger partial charge in [-0.2, -0.15) is 0 Å². The summed E-state index contributed by atoms with van der Waals surface area (Å²) in [5.41, 5.74) is 3.57. The van der Waals surface area contributed by atoms with Crippen LogP contribution >= 0.6 is 0 Å². The lowest BCUT2D eigenvalue weighted by Gasteiger charge is -2.36. The van der Waals surface area contributed by atoms with E-state index in [2.05, 4.69) is 0 Å². The quantitative estimate of drug-likeness (QED) is 0.735. The van der Waals surface area contributed by atoms with Crippen LogP contribution in [-0.2, 0) is 4.74 Å². The zero-order chi connectivity index (χ0) is 21.1. The summed E-state index contributed by atoms with van der Waals surface area (Å²) < 4.78 is 5.97. The number of ether oxygens (including phenoxy) is 1. The van der Waals surface area contributed by atoms with Crippen molar-refractivity contribution in [2.24, 2.45) is 5.92 Å². The molecule has 2 aliphatic rings. The summed E-state index contributed by atoms with van der Waals surface area (Å²) in [5, 5.41) is 0. The molecule has 0 radical (unpaired) electrons. The zero-order valence-electron chi connectivity index (χ0n) is 17.8. The molecule has 0 bridgehead atoms. The van der Waals surface area contributed by atoms with Gasteiger partial charge in [0.15, 0.2) is 0 Å². The Morgan fingerprint density at radius 1 is 1.03 bits per heavy atom. The molecule has 2 aromatic rings. The predicted octanol–water partition coefficient (Wildman–Crippen LogP) is 3.70. The van der Waals surface area contributed by atoms with Crippen LogP contribution in [-0.4, -0.2) is 60.5 Å². The third-order valence-corrected chi connectivity index (χ3v) is 5.99. The number of benzene rings is 2. The van der Waals surface area contributed by atoms with E-state index < -0.39 is 0 Å². The van der Waals surface area contributed by atoms with Crippen molar-refractivity contribution in [1.29, 1.82) is 0 Å². The van der Waals surface area contributed by atoms with E-state index in [1.165, 1.54) is 12.8 Å². The van der Waals surface area contributed by atoms with Gasteiger partial charge in [-0.3, -0.25) is 9.59 Å². The molecule has 1 atom stereocenters. The number of hydrogen-bond acceptors (Lipinski definition) is 3. The Kier molecular flexibility index (Phi) is 6.18. The Morgan fingerprint density at radius 2 is 1.77 bits per heavy atom. The van der Waals surface area contributed by atoms with Gasteiger partial charge in [-0.25, -0.2) is 0 Å². The summed E-state index contributed by atoms with van der Waals surface area (Å²) >= 11 is 0. The molecule has 30 heavy (non-hydrogen) atoms. The van der Waals surface area contributed by atoms with Gasteiger partial charge in [0.2, 0.25) is 0 Å². The summed E-state index contributed by atoms with van der Waals surface area (Å²) in [6.07, 6.45) is 2.20. The van der Waals surface area contributed by atoms with Crippen molar-refractivity contribution in [2.45, 2.75) is 32.8 Å². The minimum Gasteiger partial charge on any atom is -0.373 e. The topological polar surface area (TPSA) is 49.9 Å². The highest BCUT2D eigenvalue weighted by Crippen LogP contribution is 2.30. The smallest absolute Gasteiger partial charge is 0.254 e. The fourth-order valence-corrected chi connectivity index (χ4v) is 3.97. The van der Waals surface area contributed by atoms with Crippen molar-refractivity contribution in [1.82, 2.24) is 9.80 Å². The molecule has 1 aliphatic heterocycles. The molecule has 0 spiro atoms. The molecule has 0 aromatic heterocycles. The average molecular weight is 407 g/mol. The fourth-order valence-electron chi connectivity index (χ4n) is 3.97. The minimum atomic E-state index is -0.167. The molecule has 2 amide bonds. The highest BCUT2D eigenvalue weighted by Gasteiger charge is 2.32. The van der Waals surface area contributed by atoms with Gasteiger partial charge in [-0.05, 0) is 56.4 Å². The van der Waals surface area contributed by atoms with Gasteiger partial charge >= 0.3 is 0 Å². The number of carbonyl (C=O) groups is 2. The molecular weight excluding hydrogens is 376 g/mol. The van der Waals surface area contributed by atoms with Crippen LogP contribution in [0.1, 0.15) is 44.7 Å². The van der Waals surface area contributed by atoms with Gasteiger partial charge in [0.05, 0.1) is 12.7 Å². The van der Waals surface area contributed by atoms with Gasteiger partial charge < -0.3 is 14.5 Å². The Morgan fingerprint density at radius 3 is 2.47 bits per heavy atom. The highest BCUT2D eigenvalue weighted by molar-refractivity contribution is 5.96. The number of nitrogens with zero attached hydrogens (tertiary/aromatic N) is 2. The maximum Gasteiger partial charge on any atom is 0.254 e. The van der Waals surface area contributed by atoms with Crippen LogP contribution in [0.25, 0.3) is 0 Å². The fraction of sp³-hybridized carbons (Fsp3) is 0.440. The Balaban J connectivity index is 1.44. The van der Waals surface area contributed by atoms with Crippen LogP contribution in [0.4, 0.5) is 0 Å². The molecule has 0 N–H and O–H groups in total. The first-order valence-corrected chi connectivity index (χ1v) is 10.8. The largest absolute Gasteiger partial charge is 0.373 e. The van der Waals surface area contributed by atoms with Crippen molar-refractivity contribution >= 4 is 11.8 Å². The molecule has 2 aromatic carbocycles. The number of morpholine rings is 1. The van der Waals surface area contributed by atoms with Crippen LogP contribution < -0.4 is 0 Å². The Bertz CT molecular complexity index is 905. The van der Waals surface area contributed by atoms with E-state index in [0.717, 1.165) is 23.2 Å². The molecule has 1 heterocycles. The Labute approximate surface area is 178 Å². The van der Waals surface area contributed by atoms with Gasteiger partial charge in [0.1, 0.15) is 0 Å². The predicted molar refractivity (Wildman–Crippen MR) is 117 cm³/mol. The van der Waals surface area contributed by atoms with E-state index >= 15 is 0 Å².